The third-order valence-corrected chi connectivity index (χ3v) is 3.70. The molecule has 0 aromatic heterocycles. The second kappa shape index (κ2) is 3.48. The summed E-state index contributed by atoms with van der Waals surface area (Å²) in [6.45, 7) is 0.663. The molecule has 2 aliphatic rings. The van der Waals surface area contributed by atoms with Gasteiger partial charge in [0, 0.05) is 6.54 Å². The van der Waals surface area contributed by atoms with E-state index >= 15 is 0 Å². The predicted molar refractivity (Wildman–Crippen MR) is 55.0 cm³/mol. The summed E-state index contributed by atoms with van der Waals surface area (Å²) >= 11 is 0. The number of nitrogens with zero attached hydrogens (tertiary/aromatic N) is 1. The lowest BCUT2D eigenvalue weighted by Gasteiger charge is -2.48. The number of nitrogens with one attached hydrogen (secondary N) is 1. The van der Waals surface area contributed by atoms with E-state index in [2.05, 4.69) is 5.32 Å². The van der Waals surface area contributed by atoms with E-state index in [4.69, 9.17) is 5.73 Å². The van der Waals surface area contributed by atoms with E-state index in [1.54, 1.807) is 11.9 Å². The molecular formula is C10H17N3O2. The maximum absolute atomic E-state index is 12.1. The van der Waals surface area contributed by atoms with Crippen LogP contribution in [0.25, 0.3) is 0 Å². The van der Waals surface area contributed by atoms with Crippen LogP contribution in [0, 0.1) is 0 Å². The first-order valence-electron chi connectivity index (χ1n) is 5.40. The van der Waals surface area contributed by atoms with Gasteiger partial charge >= 0.3 is 0 Å². The van der Waals surface area contributed by atoms with Gasteiger partial charge in [0.05, 0.1) is 5.54 Å². The number of amides is 2. The van der Waals surface area contributed by atoms with Crippen molar-refractivity contribution in [2.45, 2.75) is 37.3 Å². The number of hydrogen-bond donors (Lipinski definition) is 2. The Kier molecular flexibility index (Phi) is 2.42. The van der Waals surface area contributed by atoms with Crippen molar-refractivity contribution in [3.05, 3.63) is 0 Å². The number of likely N-dealkylation sites (N-methyl/N-ethyl adjacent to an activating group) is 1. The van der Waals surface area contributed by atoms with Gasteiger partial charge < -0.3 is 16.0 Å². The van der Waals surface area contributed by atoms with Crippen molar-refractivity contribution < 1.29 is 9.59 Å². The molecule has 2 fully saturated rings. The largest absolute Gasteiger partial charge is 0.368 e. The van der Waals surface area contributed by atoms with Gasteiger partial charge in [-0.05, 0) is 32.7 Å². The van der Waals surface area contributed by atoms with Gasteiger partial charge in [-0.1, -0.05) is 0 Å². The monoisotopic (exact) mass is 211 g/mol. The summed E-state index contributed by atoms with van der Waals surface area (Å²) in [7, 11) is 1.80. The minimum Gasteiger partial charge on any atom is -0.368 e. The van der Waals surface area contributed by atoms with Crippen LogP contribution in [0.2, 0.25) is 0 Å². The molecule has 5 nitrogen and oxygen atoms in total. The average molecular weight is 211 g/mol. The summed E-state index contributed by atoms with van der Waals surface area (Å²) < 4.78 is 0. The molecule has 5 heteroatoms. The molecule has 15 heavy (non-hydrogen) atoms. The second-order valence-electron chi connectivity index (χ2n) is 4.39. The summed E-state index contributed by atoms with van der Waals surface area (Å²) in [6, 6.07) is -0.372. The molecule has 0 aromatic carbocycles. The summed E-state index contributed by atoms with van der Waals surface area (Å²) in [5, 5.41) is 3.08. The molecule has 1 saturated carbocycles. The van der Waals surface area contributed by atoms with Gasteiger partial charge in [0.1, 0.15) is 6.04 Å². The average Bonchev–Trinajstić information content (AvgIpc) is 1.99. The van der Waals surface area contributed by atoms with Gasteiger partial charge in [0.2, 0.25) is 11.8 Å². The summed E-state index contributed by atoms with van der Waals surface area (Å²) in [5.74, 6) is -0.341. The van der Waals surface area contributed by atoms with Gasteiger partial charge in [-0.25, -0.2) is 0 Å². The molecule has 1 unspecified atom stereocenters. The zero-order chi connectivity index (χ0) is 11.1. The van der Waals surface area contributed by atoms with Gasteiger partial charge in [-0.15, -0.1) is 0 Å². The number of carbonyl (C=O) groups excluding carboxylic acids is 2. The summed E-state index contributed by atoms with van der Waals surface area (Å²) in [6.07, 6.45) is 3.51. The highest BCUT2D eigenvalue weighted by molar-refractivity contribution is 5.93. The topological polar surface area (TPSA) is 75.4 Å². The van der Waals surface area contributed by atoms with E-state index in [9.17, 15) is 9.59 Å². The minimum absolute atomic E-state index is 0.0475. The van der Waals surface area contributed by atoms with Gasteiger partial charge in [0.25, 0.3) is 0 Å². The second-order valence-corrected chi connectivity index (χ2v) is 4.39. The van der Waals surface area contributed by atoms with Crippen LogP contribution in [0.3, 0.4) is 0 Å². The molecule has 0 aromatic rings. The molecule has 1 saturated heterocycles. The lowest BCUT2D eigenvalue weighted by molar-refractivity contribution is -0.154. The first-order chi connectivity index (χ1) is 7.10. The van der Waals surface area contributed by atoms with Crippen molar-refractivity contribution >= 4 is 11.8 Å². The fourth-order valence-electron chi connectivity index (χ4n) is 2.30. The van der Waals surface area contributed by atoms with Crippen molar-refractivity contribution in [2.24, 2.45) is 5.73 Å². The molecule has 0 spiro atoms. The van der Waals surface area contributed by atoms with Crippen LogP contribution in [-0.2, 0) is 9.59 Å². The maximum Gasteiger partial charge on any atom is 0.243 e. The van der Waals surface area contributed by atoms with Crippen LogP contribution in [0.4, 0.5) is 0 Å². The van der Waals surface area contributed by atoms with Gasteiger partial charge in [-0.3, -0.25) is 9.59 Å². The molecule has 1 aliphatic carbocycles. The first-order valence-corrected chi connectivity index (χ1v) is 5.40. The molecule has 1 heterocycles. The quantitative estimate of drug-likeness (QED) is 0.642. The van der Waals surface area contributed by atoms with Crippen molar-refractivity contribution in [3.8, 4) is 0 Å². The van der Waals surface area contributed by atoms with Crippen LogP contribution in [0.15, 0.2) is 0 Å². The number of likely N-dealkylation sites (tertiary alicyclic amines) is 1. The Bertz CT molecular complexity index is 294. The number of hydrogen-bond acceptors (Lipinski definition) is 3. The number of rotatable bonds is 3. The first kappa shape index (κ1) is 10.4. The maximum atomic E-state index is 12.1. The standard InChI is InChI=1S/C10H17N3O2/c1-12-10(4-2-5-10)9(15)13-6-3-7(13)8(11)14/h7,12H,2-6H2,1H3,(H2,11,14). The van der Waals surface area contributed by atoms with Crippen LogP contribution in [-0.4, -0.2) is 41.9 Å². The molecule has 1 atom stereocenters. The number of carbonyl (C=O) groups is 2. The highest BCUT2D eigenvalue weighted by Gasteiger charge is 2.49. The molecule has 3 N–H and O–H groups in total. The van der Waals surface area contributed by atoms with Gasteiger partial charge in [-0.2, -0.15) is 0 Å². The lowest BCUT2D eigenvalue weighted by atomic mass is 9.74. The normalized spacial score (nSPS) is 27.8. The SMILES string of the molecule is CNC1(C(=O)N2CCC2C(N)=O)CCC1. The molecule has 0 bridgehead atoms. The lowest BCUT2D eigenvalue weighted by Crippen LogP contribution is -2.68. The Balaban J connectivity index is 2.05. The van der Waals surface area contributed by atoms with Crippen molar-refractivity contribution in [1.29, 1.82) is 0 Å². The number of primary amides is 1. The summed E-state index contributed by atoms with van der Waals surface area (Å²) in [4.78, 5) is 24.8. The third-order valence-electron chi connectivity index (χ3n) is 3.70. The van der Waals surface area contributed by atoms with E-state index in [-0.39, 0.29) is 17.9 Å². The predicted octanol–water partition coefficient (Wildman–Crippen LogP) is -0.785. The number of nitrogens with two attached hydrogens (primary N) is 1. The Hall–Kier alpha value is -1.10. The zero-order valence-electron chi connectivity index (χ0n) is 8.95. The Morgan fingerprint density at radius 3 is 2.40 bits per heavy atom. The van der Waals surface area contributed by atoms with Crippen LogP contribution >= 0.6 is 0 Å². The van der Waals surface area contributed by atoms with E-state index in [1.165, 1.54) is 0 Å². The van der Waals surface area contributed by atoms with Crippen LogP contribution < -0.4 is 11.1 Å². The highest BCUT2D eigenvalue weighted by Crippen LogP contribution is 2.35. The molecule has 84 valence electrons. The Morgan fingerprint density at radius 1 is 1.47 bits per heavy atom. The van der Waals surface area contributed by atoms with Crippen molar-refractivity contribution in [2.75, 3.05) is 13.6 Å². The van der Waals surface area contributed by atoms with Crippen LogP contribution in [0.1, 0.15) is 25.7 Å². The van der Waals surface area contributed by atoms with E-state index in [1.807, 2.05) is 0 Å². The summed E-state index contributed by atoms with van der Waals surface area (Å²) in [5.41, 5.74) is 4.81. The Labute approximate surface area is 89.0 Å². The molecule has 2 amide bonds. The third kappa shape index (κ3) is 1.42. The molecule has 1 aliphatic heterocycles. The molecule has 2 rings (SSSR count). The fraction of sp³-hybridized carbons (Fsp3) is 0.800. The zero-order valence-corrected chi connectivity index (χ0v) is 8.95. The van der Waals surface area contributed by atoms with E-state index < -0.39 is 5.54 Å². The van der Waals surface area contributed by atoms with Crippen molar-refractivity contribution in [3.63, 3.8) is 0 Å². The van der Waals surface area contributed by atoms with Gasteiger partial charge in [0.15, 0.2) is 0 Å². The fourth-order valence-corrected chi connectivity index (χ4v) is 2.30. The van der Waals surface area contributed by atoms with E-state index in [0.717, 1.165) is 19.3 Å². The minimum atomic E-state index is -0.409. The van der Waals surface area contributed by atoms with Crippen molar-refractivity contribution in [1.82, 2.24) is 10.2 Å². The molecule has 0 radical (unpaired) electrons. The smallest absolute Gasteiger partial charge is 0.243 e. The molecular weight excluding hydrogens is 194 g/mol. The highest BCUT2D eigenvalue weighted by atomic mass is 16.2. The Morgan fingerprint density at radius 2 is 2.13 bits per heavy atom. The van der Waals surface area contributed by atoms with Crippen LogP contribution in [0.5, 0.6) is 0 Å². The van der Waals surface area contributed by atoms with E-state index in [0.29, 0.717) is 13.0 Å².